The molecule has 168 valence electrons. The van der Waals surface area contributed by atoms with Crippen LogP contribution in [0, 0.1) is 11.6 Å². The average molecular weight is 441 g/mol. The third-order valence-electron chi connectivity index (χ3n) is 5.35. The molecule has 7 nitrogen and oxygen atoms in total. The molecule has 2 aromatic heterocycles. The second kappa shape index (κ2) is 10.4. The van der Waals surface area contributed by atoms with Gasteiger partial charge < -0.3 is 14.7 Å². The molecule has 4 rings (SSSR count). The van der Waals surface area contributed by atoms with Gasteiger partial charge in [-0.15, -0.1) is 0 Å². The van der Waals surface area contributed by atoms with E-state index in [0.717, 1.165) is 30.5 Å². The topological polar surface area (TPSA) is 84.3 Å². The maximum absolute atomic E-state index is 14.3. The minimum absolute atomic E-state index is 0.0826. The molecular weight excluding hydrogens is 416 g/mol. The minimum atomic E-state index is -0.975. The van der Waals surface area contributed by atoms with Gasteiger partial charge in [0.05, 0.1) is 12.3 Å². The number of halogens is 2. The lowest BCUT2D eigenvalue weighted by Gasteiger charge is -2.30. The summed E-state index contributed by atoms with van der Waals surface area (Å²) in [4.78, 5) is 19.3. The van der Waals surface area contributed by atoms with Gasteiger partial charge in [0.1, 0.15) is 0 Å². The van der Waals surface area contributed by atoms with Gasteiger partial charge in [0.15, 0.2) is 23.2 Å². The molecular formula is C23H25F2N5O2. The third-order valence-corrected chi connectivity index (χ3v) is 5.35. The zero-order valence-corrected chi connectivity index (χ0v) is 17.7. The van der Waals surface area contributed by atoms with Crippen molar-refractivity contribution in [1.29, 1.82) is 0 Å². The number of hydrogen-bond acceptors (Lipinski definition) is 7. The first-order valence-electron chi connectivity index (χ1n) is 10.8. The summed E-state index contributed by atoms with van der Waals surface area (Å²) < 4.78 is 34.0. The summed E-state index contributed by atoms with van der Waals surface area (Å²) in [5.41, 5.74) is 2.38. The summed E-state index contributed by atoms with van der Waals surface area (Å²) in [6.45, 7) is 1.54. The number of rotatable bonds is 9. The second-order valence-electron chi connectivity index (χ2n) is 7.64. The van der Waals surface area contributed by atoms with Gasteiger partial charge in [-0.25, -0.2) is 24.3 Å². The fourth-order valence-electron chi connectivity index (χ4n) is 3.65. The van der Waals surface area contributed by atoms with Gasteiger partial charge in [-0.1, -0.05) is 6.42 Å². The number of aliphatic hydroxyl groups excluding tert-OH is 1. The van der Waals surface area contributed by atoms with Crippen molar-refractivity contribution in [2.75, 3.05) is 24.7 Å². The smallest absolute Gasteiger partial charge is 0.200 e. The number of ether oxygens (including phenoxy) is 1. The van der Waals surface area contributed by atoms with Crippen molar-refractivity contribution in [3.63, 3.8) is 0 Å². The summed E-state index contributed by atoms with van der Waals surface area (Å²) in [7, 11) is 0. The molecule has 0 spiro atoms. The summed E-state index contributed by atoms with van der Waals surface area (Å²) >= 11 is 0. The molecule has 0 atom stereocenters. The Labute approximate surface area is 185 Å². The second-order valence-corrected chi connectivity index (χ2v) is 7.64. The van der Waals surface area contributed by atoms with E-state index >= 15 is 0 Å². The number of benzene rings is 1. The van der Waals surface area contributed by atoms with Crippen LogP contribution in [-0.2, 0) is 13.0 Å². The lowest BCUT2D eigenvalue weighted by Crippen LogP contribution is -2.31. The fourth-order valence-corrected chi connectivity index (χ4v) is 3.65. The molecule has 0 amide bonds. The van der Waals surface area contributed by atoms with Crippen LogP contribution in [0.2, 0.25) is 0 Å². The molecule has 0 fully saturated rings. The standard InChI is InChI=1S/C23H25F2N5O2/c24-18-12-17(13-20(21(18)25)32-11-4-2-1-3-10-31)30-9-6-19-16(15-30)14-28-23(29-19)22-26-7-5-8-27-22/h5,7-8,12-14,31H,1-4,6,9-11,15H2. The lowest BCUT2D eigenvalue weighted by atomic mass is 10.1. The third kappa shape index (κ3) is 5.16. The van der Waals surface area contributed by atoms with Crippen molar-refractivity contribution in [3.05, 3.63) is 59.7 Å². The Balaban J connectivity index is 1.45. The largest absolute Gasteiger partial charge is 0.490 e. The predicted octanol–water partition coefficient (Wildman–Crippen LogP) is 3.71. The highest BCUT2D eigenvalue weighted by molar-refractivity contribution is 5.54. The quantitative estimate of drug-likeness (QED) is 0.507. The lowest BCUT2D eigenvalue weighted by molar-refractivity contribution is 0.268. The van der Waals surface area contributed by atoms with E-state index < -0.39 is 11.6 Å². The highest BCUT2D eigenvalue weighted by atomic mass is 19.2. The van der Waals surface area contributed by atoms with E-state index in [-0.39, 0.29) is 12.4 Å². The van der Waals surface area contributed by atoms with E-state index in [4.69, 9.17) is 9.84 Å². The van der Waals surface area contributed by atoms with Crippen LogP contribution in [0.4, 0.5) is 14.5 Å². The van der Waals surface area contributed by atoms with Crippen LogP contribution in [0.25, 0.3) is 11.6 Å². The van der Waals surface area contributed by atoms with Crippen LogP contribution in [0.5, 0.6) is 5.75 Å². The van der Waals surface area contributed by atoms with Gasteiger partial charge in [-0.05, 0) is 25.3 Å². The molecule has 0 aliphatic carbocycles. The van der Waals surface area contributed by atoms with E-state index in [1.807, 2.05) is 4.90 Å². The Hall–Kier alpha value is -3.20. The van der Waals surface area contributed by atoms with E-state index in [9.17, 15) is 8.78 Å². The molecule has 1 aliphatic heterocycles. The van der Waals surface area contributed by atoms with Crippen molar-refractivity contribution in [2.24, 2.45) is 0 Å². The maximum atomic E-state index is 14.3. The van der Waals surface area contributed by atoms with E-state index in [0.29, 0.717) is 49.9 Å². The molecule has 3 heterocycles. The van der Waals surface area contributed by atoms with Crippen LogP contribution in [0.15, 0.2) is 36.8 Å². The maximum Gasteiger partial charge on any atom is 0.200 e. The first kappa shape index (κ1) is 22.0. The van der Waals surface area contributed by atoms with Crippen LogP contribution in [0.1, 0.15) is 36.9 Å². The normalized spacial score (nSPS) is 13.2. The Morgan fingerprint density at radius 1 is 1.00 bits per heavy atom. The van der Waals surface area contributed by atoms with Crippen molar-refractivity contribution >= 4 is 5.69 Å². The first-order valence-corrected chi connectivity index (χ1v) is 10.8. The van der Waals surface area contributed by atoms with Crippen molar-refractivity contribution in [1.82, 2.24) is 19.9 Å². The van der Waals surface area contributed by atoms with Gasteiger partial charge in [-0.3, -0.25) is 0 Å². The van der Waals surface area contributed by atoms with Crippen LogP contribution < -0.4 is 9.64 Å². The molecule has 0 saturated heterocycles. The number of nitrogens with zero attached hydrogens (tertiary/aromatic N) is 5. The summed E-state index contributed by atoms with van der Waals surface area (Å²) in [5, 5.41) is 8.81. The zero-order chi connectivity index (χ0) is 22.3. The number of hydrogen-bond donors (Lipinski definition) is 1. The summed E-state index contributed by atoms with van der Waals surface area (Å²) in [6, 6.07) is 4.47. The van der Waals surface area contributed by atoms with E-state index in [2.05, 4.69) is 19.9 Å². The molecule has 1 aromatic carbocycles. The van der Waals surface area contributed by atoms with Gasteiger partial charge in [0.2, 0.25) is 5.82 Å². The average Bonchev–Trinajstić information content (AvgIpc) is 2.83. The van der Waals surface area contributed by atoms with Crippen LogP contribution in [0.3, 0.4) is 0 Å². The highest BCUT2D eigenvalue weighted by Crippen LogP contribution is 2.31. The number of aromatic nitrogens is 4. The highest BCUT2D eigenvalue weighted by Gasteiger charge is 2.22. The van der Waals surface area contributed by atoms with Crippen molar-refractivity contribution < 1.29 is 18.6 Å². The first-order chi connectivity index (χ1) is 15.7. The van der Waals surface area contributed by atoms with Gasteiger partial charge >= 0.3 is 0 Å². The van der Waals surface area contributed by atoms with Crippen LogP contribution >= 0.6 is 0 Å². The number of anilines is 1. The van der Waals surface area contributed by atoms with Gasteiger partial charge in [0, 0.05) is 68.1 Å². The molecule has 0 bridgehead atoms. The molecule has 9 heteroatoms. The Morgan fingerprint density at radius 3 is 2.62 bits per heavy atom. The molecule has 1 aliphatic rings. The SMILES string of the molecule is OCCCCCCOc1cc(N2CCc3nc(-c4ncccn4)ncc3C2)cc(F)c1F. The summed E-state index contributed by atoms with van der Waals surface area (Å²) in [6.07, 6.45) is 8.86. The van der Waals surface area contributed by atoms with Crippen molar-refractivity contribution in [2.45, 2.75) is 38.6 Å². The van der Waals surface area contributed by atoms with Crippen molar-refractivity contribution in [3.8, 4) is 17.4 Å². The molecule has 0 unspecified atom stereocenters. The van der Waals surface area contributed by atoms with Gasteiger partial charge in [-0.2, -0.15) is 4.39 Å². The Bertz CT molecular complexity index is 1050. The number of aliphatic hydroxyl groups is 1. The predicted molar refractivity (Wildman–Crippen MR) is 115 cm³/mol. The van der Waals surface area contributed by atoms with E-state index in [1.54, 1.807) is 30.7 Å². The summed E-state index contributed by atoms with van der Waals surface area (Å²) in [5.74, 6) is -1.05. The Kier molecular flexibility index (Phi) is 7.16. The van der Waals surface area contributed by atoms with Gasteiger partial charge in [0.25, 0.3) is 0 Å². The number of unbranched alkanes of at least 4 members (excludes halogenated alkanes) is 3. The molecule has 0 radical (unpaired) electrons. The fraction of sp³-hybridized carbons (Fsp3) is 0.391. The monoisotopic (exact) mass is 441 g/mol. The molecule has 1 N–H and O–H groups in total. The Morgan fingerprint density at radius 2 is 1.81 bits per heavy atom. The number of fused-ring (bicyclic) bond motifs is 1. The van der Waals surface area contributed by atoms with Crippen LogP contribution in [-0.4, -0.2) is 44.8 Å². The molecule has 32 heavy (non-hydrogen) atoms. The molecule has 0 saturated carbocycles. The minimum Gasteiger partial charge on any atom is -0.490 e. The van der Waals surface area contributed by atoms with E-state index in [1.165, 1.54) is 6.07 Å². The zero-order valence-electron chi connectivity index (χ0n) is 17.7. The molecule has 3 aromatic rings.